The molecule has 2 heterocycles. The number of carbonyl (C=O) groups excluding carboxylic acids is 4. The van der Waals surface area contributed by atoms with Crippen LogP contribution in [0.15, 0.2) is 107 Å². The maximum Gasteiger partial charge on any atom is 0.262 e. The molecule has 0 N–H and O–H groups in total. The quantitative estimate of drug-likeness (QED) is 0.0788. The van der Waals surface area contributed by atoms with Crippen molar-refractivity contribution in [2.75, 3.05) is 26.3 Å². The molecular weight excluding hydrogens is 695 g/mol. The Balaban J connectivity index is 1.16. The van der Waals surface area contributed by atoms with Crippen LogP contribution < -0.4 is 0 Å². The van der Waals surface area contributed by atoms with Crippen LogP contribution in [-0.2, 0) is 9.47 Å². The van der Waals surface area contributed by atoms with Crippen molar-refractivity contribution in [1.82, 2.24) is 9.80 Å². The summed E-state index contributed by atoms with van der Waals surface area (Å²) in [6, 6.07) is 27.0. The van der Waals surface area contributed by atoms with Crippen LogP contribution in [0.25, 0.3) is 0 Å². The van der Waals surface area contributed by atoms with E-state index in [0.29, 0.717) is 43.7 Å². The summed E-state index contributed by atoms with van der Waals surface area (Å²) in [6.45, 7) is -0.0989. The third-order valence-electron chi connectivity index (χ3n) is 7.08. The molecule has 0 atom stereocenters. The Bertz CT molecular complexity index is 1780. The number of nitrogens with zero attached hydrogens (tertiary/aromatic N) is 4. The fourth-order valence-corrected chi connectivity index (χ4v) is 6.86. The standard InChI is InChI=1S/C34H24Cl2N4O6S2/c35-21-7-5-9-23(19-21)37-33(45-17-15-39-29(41)25-11-1-2-12-26(25)30(39)42)47-48-34(38-24-10-6-8-22(36)20-24)46-18-16-40-31(43)27-13-3-4-14-28(27)32(40)44/h1-14,19-20H,15-18H2. The molecule has 0 fully saturated rings. The average molecular weight is 720 g/mol. The minimum Gasteiger partial charge on any atom is -0.470 e. The van der Waals surface area contributed by atoms with Crippen molar-refractivity contribution in [3.8, 4) is 0 Å². The largest absolute Gasteiger partial charge is 0.470 e. The minimum absolute atomic E-state index is 0.00756. The van der Waals surface area contributed by atoms with Gasteiger partial charge in [0.15, 0.2) is 0 Å². The highest BCUT2D eigenvalue weighted by Gasteiger charge is 2.36. The SMILES string of the molecule is O=C1c2ccccc2C(=O)N1CCOC(=Nc1cccc(Cl)c1)SSC(=Nc1cccc(Cl)c1)OCCN1C(=O)c2ccccc2C1=O. The van der Waals surface area contributed by atoms with E-state index in [1.54, 1.807) is 97.1 Å². The predicted molar refractivity (Wildman–Crippen MR) is 188 cm³/mol. The van der Waals surface area contributed by atoms with Crippen molar-refractivity contribution in [3.63, 3.8) is 0 Å². The summed E-state index contributed by atoms with van der Waals surface area (Å²) >= 11 is 12.4. The lowest BCUT2D eigenvalue weighted by Gasteiger charge is -2.16. The zero-order valence-electron chi connectivity index (χ0n) is 24.9. The number of hydrogen-bond acceptors (Lipinski definition) is 10. The van der Waals surface area contributed by atoms with E-state index in [-0.39, 0.29) is 36.8 Å². The number of benzene rings is 4. The molecule has 4 aromatic rings. The second-order valence-electron chi connectivity index (χ2n) is 10.2. The Morgan fingerprint density at radius 2 is 0.896 bits per heavy atom. The van der Waals surface area contributed by atoms with Crippen molar-refractivity contribution in [3.05, 3.63) is 129 Å². The van der Waals surface area contributed by atoms with Gasteiger partial charge in [-0.3, -0.25) is 29.0 Å². The normalized spacial score (nSPS) is 14.5. The van der Waals surface area contributed by atoms with Crippen LogP contribution in [0.5, 0.6) is 0 Å². The summed E-state index contributed by atoms with van der Waals surface area (Å²) in [5.74, 6) is -1.57. The maximum atomic E-state index is 12.8. The molecule has 0 saturated carbocycles. The van der Waals surface area contributed by atoms with Crippen molar-refractivity contribution in [2.24, 2.45) is 9.98 Å². The number of ether oxygens (including phenoxy) is 2. The van der Waals surface area contributed by atoms with Gasteiger partial charge >= 0.3 is 0 Å². The summed E-state index contributed by atoms with van der Waals surface area (Å²) in [7, 11) is 2.15. The molecule has 4 aromatic carbocycles. The molecule has 0 bridgehead atoms. The molecule has 0 aromatic heterocycles. The molecule has 10 nitrogen and oxygen atoms in total. The molecule has 0 unspecified atom stereocenters. The molecule has 0 saturated heterocycles. The zero-order chi connectivity index (χ0) is 33.6. The molecule has 0 radical (unpaired) electrons. The Labute approximate surface area is 293 Å². The number of carbonyl (C=O) groups is 4. The zero-order valence-corrected chi connectivity index (χ0v) is 28.0. The monoisotopic (exact) mass is 718 g/mol. The lowest BCUT2D eigenvalue weighted by Crippen LogP contribution is -2.33. The van der Waals surface area contributed by atoms with Crippen LogP contribution in [-0.4, -0.2) is 70.2 Å². The van der Waals surface area contributed by atoms with Gasteiger partial charge in [0.05, 0.1) is 46.7 Å². The smallest absolute Gasteiger partial charge is 0.262 e. The number of hydrogen-bond donors (Lipinski definition) is 0. The third kappa shape index (κ3) is 7.57. The lowest BCUT2D eigenvalue weighted by atomic mass is 10.1. The van der Waals surface area contributed by atoms with Crippen LogP contribution in [0.3, 0.4) is 0 Å². The van der Waals surface area contributed by atoms with Crippen LogP contribution >= 0.6 is 44.8 Å². The van der Waals surface area contributed by atoms with Crippen LogP contribution in [0.2, 0.25) is 10.0 Å². The van der Waals surface area contributed by atoms with Crippen molar-refractivity contribution < 1.29 is 28.7 Å². The summed E-state index contributed by atoms with van der Waals surface area (Å²) in [5.41, 5.74) is 2.40. The van der Waals surface area contributed by atoms with Gasteiger partial charge in [0.25, 0.3) is 34.1 Å². The van der Waals surface area contributed by atoms with Crippen LogP contribution in [0, 0.1) is 0 Å². The first-order valence-electron chi connectivity index (χ1n) is 14.5. The number of fused-ring (bicyclic) bond motifs is 2. The molecule has 0 spiro atoms. The van der Waals surface area contributed by atoms with Gasteiger partial charge in [0.2, 0.25) is 0 Å². The minimum atomic E-state index is -0.392. The number of aliphatic imine (C=N–C) groups is 2. The topological polar surface area (TPSA) is 118 Å². The molecule has 6 rings (SSSR count). The van der Waals surface area contributed by atoms with Gasteiger partial charge in [0.1, 0.15) is 13.2 Å². The van der Waals surface area contributed by atoms with Crippen molar-refractivity contribution in [1.29, 1.82) is 0 Å². The number of imide groups is 2. The van der Waals surface area contributed by atoms with Gasteiger partial charge in [-0.05, 0) is 60.7 Å². The highest BCUT2D eigenvalue weighted by molar-refractivity contribution is 8.87. The fourth-order valence-electron chi connectivity index (χ4n) is 4.86. The molecule has 4 amide bonds. The Morgan fingerprint density at radius 3 is 1.23 bits per heavy atom. The molecule has 2 aliphatic heterocycles. The summed E-state index contributed by atoms with van der Waals surface area (Å²) in [5, 5.41) is 1.28. The van der Waals surface area contributed by atoms with Gasteiger partial charge in [-0.15, -0.1) is 0 Å². The predicted octanol–water partition coefficient (Wildman–Crippen LogP) is 7.68. The Morgan fingerprint density at radius 1 is 0.542 bits per heavy atom. The molecule has 48 heavy (non-hydrogen) atoms. The van der Waals surface area contributed by atoms with E-state index in [9.17, 15) is 19.2 Å². The number of halogens is 2. The second kappa shape index (κ2) is 15.1. The van der Waals surface area contributed by atoms with Gasteiger partial charge in [-0.25, -0.2) is 9.98 Å². The molecule has 242 valence electrons. The van der Waals surface area contributed by atoms with Gasteiger partial charge in [-0.2, -0.15) is 0 Å². The van der Waals surface area contributed by atoms with Crippen LogP contribution in [0.1, 0.15) is 41.4 Å². The van der Waals surface area contributed by atoms with E-state index in [1.165, 1.54) is 0 Å². The average Bonchev–Trinajstić information content (AvgIpc) is 3.47. The van der Waals surface area contributed by atoms with E-state index in [4.69, 9.17) is 32.7 Å². The molecule has 2 aliphatic rings. The molecular formula is C34H24Cl2N4O6S2. The first-order chi connectivity index (χ1) is 23.3. The Kier molecular flexibility index (Phi) is 10.5. The van der Waals surface area contributed by atoms with Gasteiger partial charge in [0, 0.05) is 31.6 Å². The van der Waals surface area contributed by atoms with Crippen LogP contribution in [0.4, 0.5) is 11.4 Å². The molecule has 0 aliphatic carbocycles. The van der Waals surface area contributed by atoms with Gasteiger partial charge in [-0.1, -0.05) is 59.6 Å². The highest BCUT2D eigenvalue weighted by Crippen LogP contribution is 2.32. The van der Waals surface area contributed by atoms with E-state index < -0.39 is 23.6 Å². The van der Waals surface area contributed by atoms with Crippen molar-refractivity contribution >= 4 is 90.3 Å². The summed E-state index contributed by atoms with van der Waals surface area (Å²) in [4.78, 5) is 62.7. The first-order valence-corrected chi connectivity index (χ1v) is 17.4. The Hall–Kier alpha value is -4.62. The number of amides is 4. The first kappa shape index (κ1) is 33.3. The second-order valence-corrected chi connectivity index (χ2v) is 13.1. The lowest BCUT2D eigenvalue weighted by molar-refractivity contribution is 0.0615. The van der Waals surface area contributed by atoms with E-state index in [1.807, 2.05) is 0 Å². The highest BCUT2D eigenvalue weighted by atomic mass is 35.5. The summed E-state index contributed by atoms with van der Waals surface area (Å²) in [6.07, 6.45) is 0. The van der Waals surface area contributed by atoms with E-state index in [0.717, 1.165) is 31.4 Å². The van der Waals surface area contributed by atoms with Crippen molar-refractivity contribution in [2.45, 2.75) is 0 Å². The summed E-state index contributed by atoms with van der Waals surface area (Å²) < 4.78 is 12.0. The third-order valence-corrected chi connectivity index (χ3v) is 9.44. The van der Waals surface area contributed by atoms with E-state index in [2.05, 4.69) is 9.98 Å². The molecule has 14 heteroatoms. The fraction of sp³-hybridized carbons (Fsp3) is 0.118. The van der Waals surface area contributed by atoms with Gasteiger partial charge < -0.3 is 9.47 Å². The maximum absolute atomic E-state index is 12.8. The van der Waals surface area contributed by atoms with E-state index >= 15 is 0 Å². The number of rotatable bonds is 8.